The van der Waals surface area contributed by atoms with Gasteiger partial charge in [0.15, 0.2) is 0 Å². The van der Waals surface area contributed by atoms with Crippen molar-refractivity contribution in [3.63, 3.8) is 0 Å². The average Bonchev–Trinajstić information content (AvgIpc) is 2.78. The molecular formula is C23H23F3N4OS. The van der Waals surface area contributed by atoms with E-state index in [1.165, 1.54) is 23.8 Å². The van der Waals surface area contributed by atoms with Gasteiger partial charge in [0.2, 0.25) is 5.95 Å². The maximum atomic E-state index is 13.0. The Bertz CT molecular complexity index is 1120. The molecule has 0 bridgehead atoms. The number of aromatic amines is 1. The SMILES string of the molecule is Cc1ccc(SCc2cc(=O)[nH]c(N3CCN(c4cccc(C(F)(F)F)c4)CC3)n2)cc1. The molecule has 0 radical (unpaired) electrons. The molecule has 0 amide bonds. The topological polar surface area (TPSA) is 52.2 Å². The van der Waals surface area contributed by atoms with E-state index in [0.717, 1.165) is 11.0 Å². The van der Waals surface area contributed by atoms with Crippen molar-refractivity contribution in [1.82, 2.24) is 9.97 Å². The summed E-state index contributed by atoms with van der Waals surface area (Å²) in [6, 6.07) is 15.1. The first-order chi connectivity index (χ1) is 15.3. The van der Waals surface area contributed by atoms with Crippen LogP contribution in [0.1, 0.15) is 16.8 Å². The Morgan fingerprint density at radius 2 is 1.69 bits per heavy atom. The lowest BCUT2D eigenvalue weighted by molar-refractivity contribution is -0.137. The third-order valence-electron chi connectivity index (χ3n) is 5.31. The zero-order chi connectivity index (χ0) is 22.7. The van der Waals surface area contributed by atoms with Crippen LogP contribution in [0.25, 0.3) is 0 Å². The molecule has 2 aromatic carbocycles. The van der Waals surface area contributed by atoms with Crippen LogP contribution in [-0.4, -0.2) is 36.1 Å². The number of aromatic nitrogens is 2. The number of hydrogen-bond donors (Lipinski definition) is 1. The van der Waals surface area contributed by atoms with Gasteiger partial charge >= 0.3 is 6.18 Å². The summed E-state index contributed by atoms with van der Waals surface area (Å²) in [5, 5.41) is 0. The second-order valence-corrected chi connectivity index (χ2v) is 8.73. The molecule has 0 spiro atoms. The number of hydrogen-bond acceptors (Lipinski definition) is 5. The summed E-state index contributed by atoms with van der Waals surface area (Å²) < 4.78 is 39.0. The van der Waals surface area contributed by atoms with E-state index in [-0.39, 0.29) is 5.56 Å². The molecule has 32 heavy (non-hydrogen) atoms. The molecule has 1 N–H and O–H groups in total. The quantitative estimate of drug-likeness (QED) is 0.559. The van der Waals surface area contributed by atoms with Gasteiger partial charge in [0, 0.05) is 48.6 Å². The lowest BCUT2D eigenvalue weighted by atomic mass is 10.1. The van der Waals surface area contributed by atoms with Gasteiger partial charge in [0.25, 0.3) is 5.56 Å². The van der Waals surface area contributed by atoms with E-state index in [4.69, 9.17) is 0 Å². The third-order valence-corrected chi connectivity index (χ3v) is 6.35. The average molecular weight is 461 g/mol. The Hall–Kier alpha value is -2.94. The number of benzene rings is 2. The van der Waals surface area contributed by atoms with Crippen LogP contribution in [-0.2, 0) is 11.9 Å². The number of thioether (sulfide) groups is 1. The zero-order valence-electron chi connectivity index (χ0n) is 17.5. The van der Waals surface area contributed by atoms with Gasteiger partial charge in [-0.15, -0.1) is 11.8 Å². The normalized spacial score (nSPS) is 14.6. The predicted octanol–water partition coefficient (Wildman–Crippen LogP) is 4.72. The number of aryl methyl sites for hydroxylation is 1. The number of alkyl halides is 3. The van der Waals surface area contributed by atoms with Crippen LogP contribution in [0.2, 0.25) is 0 Å². The van der Waals surface area contributed by atoms with Crippen LogP contribution >= 0.6 is 11.8 Å². The van der Waals surface area contributed by atoms with Crippen LogP contribution in [0, 0.1) is 6.92 Å². The van der Waals surface area contributed by atoms with Crippen molar-refractivity contribution in [3.8, 4) is 0 Å². The molecule has 168 valence electrons. The van der Waals surface area contributed by atoms with Gasteiger partial charge in [-0.25, -0.2) is 4.98 Å². The van der Waals surface area contributed by atoms with Crippen molar-refractivity contribution >= 4 is 23.4 Å². The minimum Gasteiger partial charge on any atom is -0.368 e. The van der Waals surface area contributed by atoms with Crippen molar-refractivity contribution in [2.75, 3.05) is 36.0 Å². The van der Waals surface area contributed by atoms with Gasteiger partial charge in [0.1, 0.15) is 0 Å². The number of halogens is 3. The van der Waals surface area contributed by atoms with E-state index in [1.807, 2.05) is 41.0 Å². The standard InChI is InChI=1S/C23H23F3N4OS/c1-16-5-7-20(8-6-16)32-15-18-14-21(31)28-22(27-18)30-11-9-29(10-12-30)19-4-2-3-17(13-19)23(24,25)26/h2-8,13-14H,9-12,15H2,1H3,(H,27,28,31). The van der Waals surface area contributed by atoms with E-state index < -0.39 is 11.7 Å². The maximum absolute atomic E-state index is 13.0. The highest BCUT2D eigenvalue weighted by atomic mass is 32.2. The lowest BCUT2D eigenvalue weighted by Crippen LogP contribution is -2.47. The van der Waals surface area contributed by atoms with Crippen LogP contribution in [0.15, 0.2) is 64.3 Å². The summed E-state index contributed by atoms with van der Waals surface area (Å²) in [6.45, 7) is 4.20. The van der Waals surface area contributed by atoms with Gasteiger partial charge in [-0.2, -0.15) is 13.2 Å². The first-order valence-electron chi connectivity index (χ1n) is 10.2. The first-order valence-corrected chi connectivity index (χ1v) is 11.2. The summed E-state index contributed by atoms with van der Waals surface area (Å²) in [4.78, 5) is 24.6. The highest BCUT2D eigenvalue weighted by molar-refractivity contribution is 7.98. The fraction of sp³-hybridized carbons (Fsp3) is 0.304. The van der Waals surface area contributed by atoms with E-state index in [2.05, 4.69) is 9.97 Å². The third kappa shape index (κ3) is 5.45. The molecule has 1 saturated heterocycles. The number of H-pyrrole nitrogens is 1. The Morgan fingerprint density at radius 3 is 2.38 bits per heavy atom. The van der Waals surface area contributed by atoms with Crippen molar-refractivity contribution in [2.24, 2.45) is 0 Å². The molecule has 5 nitrogen and oxygen atoms in total. The van der Waals surface area contributed by atoms with Crippen molar-refractivity contribution < 1.29 is 13.2 Å². The van der Waals surface area contributed by atoms with E-state index in [1.54, 1.807) is 17.8 Å². The molecule has 1 aromatic heterocycles. The lowest BCUT2D eigenvalue weighted by Gasteiger charge is -2.36. The molecule has 0 aliphatic carbocycles. The van der Waals surface area contributed by atoms with Gasteiger partial charge < -0.3 is 9.80 Å². The number of rotatable bonds is 5. The zero-order valence-corrected chi connectivity index (χ0v) is 18.3. The number of anilines is 2. The van der Waals surface area contributed by atoms with Crippen molar-refractivity contribution in [3.05, 3.63) is 81.8 Å². The minimum atomic E-state index is -4.36. The second kappa shape index (κ2) is 9.28. The molecule has 0 saturated carbocycles. The number of nitrogens with zero attached hydrogens (tertiary/aromatic N) is 3. The Morgan fingerprint density at radius 1 is 1.00 bits per heavy atom. The molecule has 1 fully saturated rings. The summed E-state index contributed by atoms with van der Waals surface area (Å²) >= 11 is 1.61. The molecule has 0 unspecified atom stereocenters. The van der Waals surface area contributed by atoms with Crippen LogP contribution in [0.3, 0.4) is 0 Å². The number of piperazine rings is 1. The fourth-order valence-electron chi connectivity index (χ4n) is 3.56. The maximum Gasteiger partial charge on any atom is 0.416 e. The van der Waals surface area contributed by atoms with Gasteiger partial charge in [-0.05, 0) is 37.3 Å². The van der Waals surface area contributed by atoms with Gasteiger partial charge in [-0.1, -0.05) is 23.8 Å². The second-order valence-electron chi connectivity index (χ2n) is 7.68. The first kappa shape index (κ1) is 22.3. The Labute approximate surface area is 188 Å². The molecule has 3 aromatic rings. The van der Waals surface area contributed by atoms with Crippen LogP contribution in [0.4, 0.5) is 24.8 Å². The fourth-order valence-corrected chi connectivity index (χ4v) is 4.36. The highest BCUT2D eigenvalue weighted by Crippen LogP contribution is 2.32. The van der Waals surface area contributed by atoms with E-state index in [9.17, 15) is 18.0 Å². The summed E-state index contributed by atoms with van der Waals surface area (Å²) in [6.07, 6.45) is -4.36. The van der Waals surface area contributed by atoms with E-state index >= 15 is 0 Å². The van der Waals surface area contributed by atoms with Crippen molar-refractivity contribution in [1.29, 1.82) is 0 Å². The molecule has 2 heterocycles. The predicted molar refractivity (Wildman–Crippen MR) is 121 cm³/mol. The molecular weight excluding hydrogens is 437 g/mol. The Balaban J connectivity index is 1.41. The smallest absolute Gasteiger partial charge is 0.368 e. The van der Waals surface area contributed by atoms with Crippen LogP contribution < -0.4 is 15.4 Å². The molecule has 4 rings (SSSR count). The minimum absolute atomic E-state index is 0.213. The van der Waals surface area contributed by atoms with Gasteiger partial charge in [0.05, 0.1) is 11.3 Å². The highest BCUT2D eigenvalue weighted by Gasteiger charge is 2.31. The van der Waals surface area contributed by atoms with Crippen LogP contribution in [0.5, 0.6) is 0 Å². The summed E-state index contributed by atoms with van der Waals surface area (Å²) in [7, 11) is 0. The number of nitrogens with one attached hydrogen (secondary N) is 1. The largest absolute Gasteiger partial charge is 0.416 e. The van der Waals surface area contributed by atoms with E-state index in [0.29, 0.717) is 49.3 Å². The Kier molecular flexibility index (Phi) is 6.45. The molecule has 9 heteroatoms. The molecule has 1 aliphatic rings. The summed E-state index contributed by atoms with van der Waals surface area (Å²) in [5.74, 6) is 1.07. The van der Waals surface area contributed by atoms with Gasteiger partial charge in [-0.3, -0.25) is 9.78 Å². The van der Waals surface area contributed by atoms with Crippen molar-refractivity contribution in [2.45, 2.75) is 23.7 Å². The molecule has 0 atom stereocenters. The summed E-state index contributed by atoms with van der Waals surface area (Å²) in [5.41, 5.74) is 1.56. The monoisotopic (exact) mass is 460 g/mol. The molecule has 1 aliphatic heterocycles.